The molecule has 12 aliphatic rings. The zero-order chi connectivity index (χ0) is 36.3. The number of hydrogen-bond acceptors (Lipinski definition) is 13. The average Bonchev–Trinajstić information content (AvgIpc) is 3.57. The Bertz CT molecular complexity index is 1700. The summed E-state index contributed by atoms with van der Waals surface area (Å²) < 4.78 is 26.7. The van der Waals surface area contributed by atoms with Gasteiger partial charge in [-0.3, -0.25) is 9.59 Å². The van der Waals surface area contributed by atoms with Crippen LogP contribution in [0.3, 0.4) is 0 Å². The van der Waals surface area contributed by atoms with Gasteiger partial charge in [0.1, 0.15) is 34.2 Å². The largest absolute Gasteiger partial charge is 0.512 e. The molecule has 0 unspecified atom stereocenters. The van der Waals surface area contributed by atoms with Gasteiger partial charge >= 0.3 is 11.9 Å². The standard InChI is InChI=1S/C38H46O12S/c1-13-7-9-17(39)19-31(45)47-35-11-15(3)33(5)29(43)23(35)27(21(25(13)41)37(19,35)49-33)51-28-22-26(42)14(2)8-10-18(40)20-32(46)48-36-12-16(4)34(6,30(44)24(28)36)50-38(20,22)36/h13-16,21-24,27-30,39-40,43-44H,7-12H2,1-6H3/t13-,14-,15-,16-,21+,22+,23-,24-,27+,28+,29-,30-,33-,34-,35-,36-,37-,38-/m0/s1. The molecule has 10 fully saturated rings. The molecule has 13 heteroatoms. The van der Waals surface area contributed by atoms with Crippen molar-refractivity contribution in [2.24, 2.45) is 47.3 Å². The number of Topliss-reactive ketones (excluding diaryl/α,β-unsaturated/α-hetero) is 2. The summed E-state index contributed by atoms with van der Waals surface area (Å²) in [5, 5.41) is 46.3. The van der Waals surface area contributed by atoms with Gasteiger partial charge in [-0.25, -0.2) is 9.59 Å². The Labute approximate surface area is 299 Å². The minimum absolute atomic E-state index is 0.0476. The van der Waals surface area contributed by atoms with Gasteiger partial charge in [0.25, 0.3) is 0 Å². The van der Waals surface area contributed by atoms with Crippen LogP contribution in [-0.2, 0) is 38.1 Å². The molecule has 6 aliphatic carbocycles. The number of ether oxygens (including phenoxy) is 4. The van der Waals surface area contributed by atoms with Gasteiger partial charge in [-0.1, -0.05) is 27.7 Å². The third-order valence-electron chi connectivity index (χ3n) is 16.2. The number of thioether (sulfide) groups is 1. The third kappa shape index (κ3) is 3.13. The Morgan fingerprint density at radius 1 is 0.647 bits per heavy atom. The van der Waals surface area contributed by atoms with E-state index in [4.69, 9.17) is 18.9 Å². The molecule has 4 spiro atoms. The van der Waals surface area contributed by atoms with Crippen LogP contribution in [0.25, 0.3) is 0 Å². The molecule has 4 saturated carbocycles. The second kappa shape index (κ2) is 9.43. The zero-order valence-electron chi connectivity index (χ0n) is 29.6. The van der Waals surface area contributed by atoms with E-state index in [-0.39, 0.29) is 58.9 Å². The van der Waals surface area contributed by atoms with Crippen molar-refractivity contribution in [1.29, 1.82) is 0 Å². The quantitative estimate of drug-likeness (QED) is 0.305. The van der Waals surface area contributed by atoms with Crippen LogP contribution in [0.15, 0.2) is 22.7 Å². The van der Waals surface area contributed by atoms with E-state index in [1.165, 1.54) is 11.8 Å². The molecule has 6 saturated heterocycles. The van der Waals surface area contributed by atoms with E-state index in [1.807, 2.05) is 13.8 Å². The lowest BCUT2D eigenvalue weighted by Gasteiger charge is -2.63. The van der Waals surface area contributed by atoms with Crippen LogP contribution in [0, 0.1) is 47.3 Å². The predicted molar refractivity (Wildman–Crippen MR) is 177 cm³/mol. The van der Waals surface area contributed by atoms with Crippen molar-refractivity contribution in [3.63, 3.8) is 0 Å². The number of carbonyl (C=O) groups excluding carboxylic acids is 4. The molecule has 8 bridgehead atoms. The number of aliphatic hydroxyl groups excluding tert-OH is 4. The van der Waals surface area contributed by atoms with Crippen molar-refractivity contribution in [3.05, 3.63) is 22.7 Å². The number of hydrogen-bond donors (Lipinski definition) is 4. The topological polar surface area (TPSA) is 186 Å². The van der Waals surface area contributed by atoms with Crippen molar-refractivity contribution >= 4 is 35.3 Å². The van der Waals surface area contributed by atoms with Gasteiger partial charge < -0.3 is 39.4 Å². The summed E-state index contributed by atoms with van der Waals surface area (Å²) in [6.45, 7) is 11.0. The molecule has 12 rings (SSSR count). The van der Waals surface area contributed by atoms with Crippen molar-refractivity contribution in [2.45, 2.75) is 136 Å². The number of ketones is 2. The lowest BCUT2D eigenvalue weighted by molar-refractivity contribution is -0.341. The fourth-order valence-corrected chi connectivity index (χ4v) is 15.9. The minimum Gasteiger partial charge on any atom is -0.512 e. The zero-order valence-corrected chi connectivity index (χ0v) is 30.5. The number of fused-ring (bicyclic) bond motifs is 2. The summed E-state index contributed by atoms with van der Waals surface area (Å²) in [6.07, 6.45) is -1.01. The monoisotopic (exact) mass is 726 g/mol. The van der Waals surface area contributed by atoms with Crippen LogP contribution in [0.5, 0.6) is 0 Å². The number of carbonyl (C=O) groups is 4. The van der Waals surface area contributed by atoms with E-state index in [9.17, 15) is 39.6 Å². The maximum atomic E-state index is 14.9. The summed E-state index contributed by atoms with van der Waals surface area (Å²) in [4.78, 5) is 57.6. The third-order valence-corrected chi connectivity index (χ3v) is 17.9. The highest BCUT2D eigenvalue weighted by Crippen LogP contribution is 2.79. The van der Waals surface area contributed by atoms with E-state index in [0.29, 0.717) is 25.7 Å². The Balaban J connectivity index is 1.22. The molecular formula is C38H46O12S. The fraction of sp³-hybridized carbons (Fsp3) is 0.789. The molecule has 18 atom stereocenters. The predicted octanol–water partition coefficient (Wildman–Crippen LogP) is 3.02. The van der Waals surface area contributed by atoms with E-state index >= 15 is 0 Å². The van der Waals surface area contributed by atoms with Crippen LogP contribution in [0.2, 0.25) is 0 Å². The summed E-state index contributed by atoms with van der Waals surface area (Å²) >= 11 is 1.32. The molecule has 0 aromatic heterocycles. The summed E-state index contributed by atoms with van der Waals surface area (Å²) in [5.41, 5.74) is -8.79. The molecule has 4 N–H and O–H groups in total. The van der Waals surface area contributed by atoms with Crippen LogP contribution < -0.4 is 0 Å². The van der Waals surface area contributed by atoms with E-state index in [1.54, 1.807) is 27.7 Å². The van der Waals surface area contributed by atoms with Crippen molar-refractivity contribution in [2.75, 3.05) is 0 Å². The molecule has 0 amide bonds. The van der Waals surface area contributed by atoms with Crippen LogP contribution in [0.4, 0.5) is 0 Å². The average molecular weight is 727 g/mol. The van der Waals surface area contributed by atoms with Crippen LogP contribution >= 0.6 is 11.8 Å². The smallest absolute Gasteiger partial charge is 0.341 e. The first kappa shape index (κ1) is 33.1. The Morgan fingerprint density at radius 2 is 1.02 bits per heavy atom. The maximum Gasteiger partial charge on any atom is 0.341 e. The molecule has 51 heavy (non-hydrogen) atoms. The lowest BCUT2D eigenvalue weighted by atomic mass is 9.56. The minimum atomic E-state index is -1.68. The maximum absolute atomic E-state index is 14.9. The number of rotatable bonds is 2. The highest BCUT2D eigenvalue weighted by atomic mass is 32.2. The Morgan fingerprint density at radius 3 is 1.39 bits per heavy atom. The van der Waals surface area contributed by atoms with E-state index in [2.05, 4.69) is 0 Å². The lowest BCUT2D eigenvalue weighted by Crippen LogP contribution is -2.76. The molecule has 12 nitrogen and oxygen atoms in total. The van der Waals surface area contributed by atoms with E-state index in [0.717, 1.165) is 0 Å². The van der Waals surface area contributed by atoms with Gasteiger partial charge in [-0.05, 0) is 51.4 Å². The number of allylic oxidation sites excluding steroid dienone is 2. The first-order chi connectivity index (χ1) is 23.9. The first-order valence-electron chi connectivity index (χ1n) is 18.7. The number of aliphatic hydroxyl groups is 4. The fourth-order valence-electron chi connectivity index (χ4n) is 13.5. The molecule has 6 aliphatic heterocycles. The van der Waals surface area contributed by atoms with Gasteiger partial charge in [0, 0.05) is 47.0 Å². The van der Waals surface area contributed by atoms with Crippen LogP contribution in [-0.4, -0.2) is 100 Å². The molecule has 0 radical (unpaired) electrons. The van der Waals surface area contributed by atoms with Gasteiger partial charge in [0.15, 0.2) is 22.4 Å². The van der Waals surface area contributed by atoms with Gasteiger partial charge in [0.05, 0.1) is 35.2 Å². The van der Waals surface area contributed by atoms with Crippen molar-refractivity contribution < 1.29 is 58.6 Å². The Kier molecular flexibility index (Phi) is 6.13. The van der Waals surface area contributed by atoms with Gasteiger partial charge in [0.2, 0.25) is 0 Å². The summed E-state index contributed by atoms with van der Waals surface area (Å²) in [5.74, 6) is -7.57. The normalized spacial score (nSPS) is 59.0. The molecular weight excluding hydrogens is 680 g/mol. The SMILES string of the molecule is C[C@H]1CCC(O)=C2C(=O)O[C@]34C[C@H](C)[C@]5(C)O[C@]23[C@H](C1=O)[C@@H](S[C@H]1[C@H]2[C@H](O)[C@@]3(C)O[C@@]67C(=C(O)CC[C@H](C)C(=O)[C@H]16)C(=O)O[C@@]27C[C@@H]3C)[C@H]4[C@@H]5O. The first-order valence-corrected chi connectivity index (χ1v) is 19.6. The number of esters is 2. The molecule has 0 aromatic carbocycles. The summed E-state index contributed by atoms with van der Waals surface area (Å²) in [6, 6.07) is 0. The Hall–Kier alpha value is -2.45. The molecule has 6 heterocycles. The summed E-state index contributed by atoms with van der Waals surface area (Å²) in [7, 11) is 0. The molecule has 0 aromatic rings. The second-order valence-corrected chi connectivity index (χ2v) is 19.5. The second-order valence-electron chi connectivity index (χ2n) is 18.1. The molecule has 276 valence electrons. The highest BCUT2D eigenvalue weighted by molar-refractivity contribution is 8.00. The van der Waals surface area contributed by atoms with Crippen LogP contribution in [0.1, 0.15) is 80.1 Å². The van der Waals surface area contributed by atoms with Gasteiger partial charge in [-0.2, -0.15) is 11.8 Å². The van der Waals surface area contributed by atoms with E-state index < -0.39 is 104 Å². The van der Waals surface area contributed by atoms with Crippen molar-refractivity contribution in [1.82, 2.24) is 0 Å². The van der Waals surface area contributed by atoms with Gasteiger partial charge in [-0.15, -0.1) is 0 Å². The van der Waals surface area contributed by atoms with Crippen molar-refractivity contribution in [3.8, 4) is 0 Å². The highest BCUT2D eigenvalue weighted by Gasteiger charge is 2.92.